The molecule has 1 saturated heterocycles. The monoisotopic (exact) mass is 504 g/mol. The zero-order valence-corrected chi connectivity index (χ0v) is 22.3. The first-order valence-corrected chi connectivity index (χ1v) is 13.4. The molecule has 1 amide bonds. The molecule has 0 atom stereocenters. The standard InChI is InChI=1S/C30H40N4O3/c1-22(2)21-37-30(35)34-17-13-23(14-18-34)20-31-15-6-16-32-29-19-28(24-9-11-25(36-3)12-10-24)33-27-8-5-4-7-26(27)29/h4-5,7-12,19,22-23,31H,6,13-18,20-21H2,1-3H3,(H,32,33). The van der Waals surface area contributed by atoms with Gasteiger partial charge >= 0.3 is 6.09 Å². The van der Waals surface area contributed by atoms with Crippen LogP contribution in [0.3, 0.4) is 0 Å². The Bertz CT molecular complexity index is 1140. The summed E-state index contributed by atoms with van der Waals surface area (Å²) in [6, 6.07) is 18.4. The molecule has 1 aliphatic heterocycles. The number of rotatable bonds is 11. The molecular weight excluding hydrogens is 464 g/mol. The Balaban J connectivity index is 1.22. The fourth-order valence-electron chi connectivity index (χ4n) is 4.62. The van der Waals surface area contributed by atoms with Crippen LogP contribution in [0.1, 0.15) is 33.1 Å². The minimum absolute atomic E-state index is 0.162. The number of ether oxygens (including phenoxy) is 2. The summed E-state index contributed by atoms with van der Waals surface area (Å²) in [5.41, 5.74) is 4.10. The Morgan fingerprint density at radius 2 is 1.84 bits per heavy atom. The normalized spacial score (nSPS) is 14.2. The van der Waals surface area contributed by atoms with Crippen LogP contribution in [0.2, 0.25) is 0 Å². The summed E-state index contributed by atoms with van der Waals surface area (Å²) in [7, 11) is 1.68. The van der Waals surface area contributed by atoms with E-state index in [4.69, 9.17) is 14.5 Å². The molecule has 0 aliphatic carbocycles. The van der Waals surface area contributed by atoms with Crippen LogP contribution in [0, 0.1) is 11.8 Å². The quantitative estimate of drug-likeness (QED) is 0.321. The van der Waals surface area contributed by atoms with E-state index in [-0.39, 0.29) is 6.09 Å². The number of piperidine rings is 1. The average Bonchev–Trinajstić information content (AvgIpc) is 2.93. The molecule has 7 heteroatoms. The third-order valence-electron chi connectivity index (χ3n) is 6.79. The largest absolute Gasteiger partial charge is 0.497 e. The third kappa shape index (κ3) is 7.59. The van der Waals surface area contributed by atoms with Crippen molar-refractivity contribution in [3.8, 4) is 17.0 Å². The highest BCUT2D eigenvalue weighted by Gasteiger charge is 2.23. The van der Waals surface area contributed by atoms with E-state index in [0.29, 0.717) is 18.4 Å². The van der Waals surface area contributed by atoms with Crippen LogP contribution >= 0.6 is 0 Å². The average molecular weight is 505 g/mol. The summed E-state index contributed by atoms with van der Waals surface area (Å²) in [5, 5.41) is 8.38. The Kier molecular flexibility index (Phi) is 9.60. The first-order chi connectivity index (χ1) is 18.0. The molecular formula is C30H40N4O3. The van der Waals surface area contributed by atoms with Gasteiger partial charge in [-0.2, -0.15) is 0 Å². The van der Waals surface area contributed by atoms with Gasteiger partial charge in [-0.15, -0.1) is 0 Å². The molecule has 3 aromatic rings. The number of carbonyl (C=O) groups is 1. The van der Waals surface area contributed by atoms with Crippen LogP contribution in [-0.2, 0) is 4.74 Å². The van der Waals surface area contributed by atoms with Crippen LogP contribution in [0.5, 0.6) is 5.75 Å². The van der Waals surface area contributed by atoms with Crippen molar-refractivity contribution in [2.75, 3.05) is 51.8 Å². The Morgan fingerprint density at radius 1 is 1.08 bits per heavy atom. The van der Waals surface area contributed by atoms with Crippen molar-refractivity contribution in [3.63, 3.8) is 0 Å². The topological polar surface area (TPSA) is 75.7 Å². The zero-order valence-electron chi connectivity index (χ0n) is 22.3. The van der Waals surface area contributed by atoms with Gasteiger partial charge in [0.1, 0.15) is 5.75 Å². The lowest BCUT2D eigenvalue weighted by Crippen LogP contribution is -2.41. The first-order valence-electron chi connectivity index (χ1n) is 13.4. The molecule has 1 aromatic heterocycles. The number of amides is 1. The van der Waals surface area contributed by atoms with E-state index in [1.165, 1.54) is 0 Å². The summed E-state index contributed by atoms with van der Waals surface area (Å²) in [5.74, 6) is 1.82. The number of methoxy groups -OCH3 is 1. The summed E-state index contributed by atoms with van der Waals surface area (Å²) >= 11 is 0. The Hall–Kier alpha value is -3.32. The van der Waals surface area contributed by atoms with Gasteiger partial charge in [0, 0.05) is 36.3 Å². The molecule has 37 heavy (non-hydrogen) atoms. The van der Waals surface area contributed by atoms with Gasteiger partial charge < -0.3 is 25.0 Å². The van der Waals surface area contributed by atoms with Crippen LogP contribution in [0.4, 0.5) is 10.5 Å². The highest BCUT2D eigenvalue weighted by molar-refractivity contribution is 5.93. The number of benzene rings is 2. The predicted molar refractivity (Wildman–Crippen MR) is 150 cm³/mol. The maximum Gasteiger partial charge on any atom is 0.409 e. The number of para-hydroxylation sites is 1. The van der Waals surface area contributed by atoms with Crippen molar-refractivity contribution in [1.82, 2.24) is 15.2 Å². The molecule has 198 valence electrons. The number of carbonyl (C=O) groups excluding carboxylic acids is 1. The van der Waals surface area contributed by atoms with Crippen molar-refractivity contribution in [2.24, 2.45) is 11.8 Å². The summed E-state index contributed by atoms with van der Waals surface area (Å²) < 4.78 is 10.7. The van der Waals surface area contributed by atoms with Crippen LogP contribution in [0.25, 0.3) is 22.2 Å². The van der Waals surface area contributed by atoms with Gasteiger partial charge in [-0.25, -0.2) is 9.78 Å². The first kappa shape index (κ1) is 26.7. The molecule has 4 rings (SSSR count). The molecule has 1 aliphatic rings. The van der Waals surface area contributed by atoms with Crippen LogP contribution < -0.4 is 15.4 Å². The molecule has 0 spiro atoms. The van der Waals surface area contributed by atoms with E-state index in [2.05, 4.69) is 48.7 Å². The third-order valence-corrected chi connectivity index (χ3v) is 6.79. The van der Waals surface area contributed by atoms with E-state index in [1.54, 1.807) is 7.11 Å². The lowest BCUT2D eigenvalue weighted by atomic mass is 9.97. The van der Waals surface area contributed by atoms with E-state index in [9.17, 15) is 4.79 Å². The van der Waals surface area contributed by atoms with Crippen molar-refractivity contribution in [2.45, 2.75) is 33.1 Å². The molecule has 1 fully saturated rings. The van der Waals surface area contributed by atoms with Gasteiger partial charge in [-0.3, -0.25) is 0 Å². The van der Waals surface area contributed by atoms with Crippen LogP contribution in [-0.4, -0.2) is 62.4 Å². The number of aromatic nitrogens is 1. The zero-order chi connectivity index (χ0) is 26.0. The molecule has 7 nitrogen and oxygen atoms in total. The van der Waals surface area contributed by atoms with Gasteiger partial charge in [-0.05, 0) is 80.6 Å². The minimum Gasteiger partial charge on any atom is -0.497 e. The molecule has 2 N–H and O–H groups in total. The second-order valence-corrected chi connectivity index (χ2v) is 10.2. The van der Waals surface area contributed by atoms with Gasteiger partial charge in [0.05, 0.1) is 24.9 Å². The molecule has 0 saturated carbocycles. The second kappa shape index (κ2) is 13.3. The molecule has 0 unspecified atom stereocenters. The number of nitrogens with zero attached hydrogens (tertiary/aromatic N) is 2. The number of pyridine rings is 1. The van der Waals surface area contributed by atoms with E-state index < -0.39 is 0 Å². The van der Waals surface area contributed by atoms with Gasteiger partial charge in [0.2, 0.25) is 0 Å². The van der Waals surface area contributed by atoms with Gasteiger partial charge in [0.25, 0.3) is 0 Å². The Morgan fingerprint density at radius 3 is 2.57 bits per heavy atom. The highest BCUT2D eigenvalue weighted by atomic mass is 16.6. The van der Waals surface area contributed by atoms with E-state index in [0.717, 1.165) is 85.6 Å². The lowest BCUT2D eigenvalue weighted by molar-refractivity contribution is 0.0789. The van der Waals surface area contributed by atoms with Crippen molar-refractivity contribution in [1.29, 1.82) is 0 Å². The molecule has 2 aromatic carbocycles. The number of hydrogen-bond donors (Lipinski definition) is 2. The van der Waals surface area contributed by atoms with Gasteiger partial charge in [0.15, 0.2) is 0 Å². The second-order valence-electron chi connectivity index (χ2n) is 10.2. The molecule has 0 radical (unpaired) electrons. The minimum atomic E-state index is -0.162. The van der Waals surface area contributed by atoms with Gasteiger partial charge in [-0.1, -0.05) is 32.0 Å². The number of hydrogen-bond acceptors (Lipinski definition) is 6. The highest BCUT2D eigenvalue weighted by Crippen LogP contribution is 2.29. The maximum atomic E-state index is 12.1. The molecule has 0 bridgehead atoms. The van der Waals surface area contributed by atoms with E-state index in [1.807, 2.05) is 35.2 Å². The SMILES string of the molecule is COc1ccc(-c2cc(NCCCNCC3CCN(C(=O)OCC(C)C)CC3)c3ccccc3n2)cc1. The summed E-state index contributed by atoms with van der Waals surface area (Å²) in [6.07, 6.45) is 2.91. The number of anilines is 1. The fraction of sp³-hybridized carbons (Fsp3) is 0.467. The fourth-order valence-corrected chi connectivity index (χ4v) is 4.62. The number of fused-ring (bicyclic) bond motifs is 1. The van der Waals surface area contributed by atoms with Crippen molar-refractivity contribution < 1.29 is 14.3 Å². The van der Waals surface area contributed by atoms with Crippen molar-refractivity contribution >= 4 is 22.7 Å². The number of likely N-dealkylation sites (tertiary alicyclic amines) is 1. The summed E-state index contributed by atoms with van der Waals surface area (Å²) in [6.45, 7) is 9.01. The van der Waals surface area contributed by atoms with Crippen molar-refractivity contribution in [3.05, 3.63) is 54.6 Å². The lowest BCUT2D eigenvalue weighted by Gasteiger charge is -2.31. The molecule has 2 heterocycles. The van der Waals surface area contributed by atoms with Crippen LogP contribution in [0.15, 0.2) is 54.6 Å². The Labute approximate surface area is 220 Å². The maximum absolute atomic E-state index is 12.1. The number of nitrogens with one attached hydrogen (secondary N) is 2. The van der Waals surface area contributed by atoms with E-state index >= 15 is 0 Å². The predicted octanol–water partition coefficient (Wildman–Crippen LogP) is 5.81. The summed E-state index contributed by atoms with van der Waals surface area (Å²) in [4.78, 5) is 18.9. The smallest absolute Gasteiger partial charge is 0.409 e.